The van der Waals surface area contributed by atoms with Crippen LogP contribution in [0, 0.1) is 6.92 Å². The van der Waals surface area contributed by atoms with Crippen LogP contribution >= 0.6 is 27.5 Å². The zero-order chi connectivity index (χ0) is 17.5. The SMILES string of the molecule is CC=Cc1cc2c(Cl)c(Br)cnc2n1S(=O)(=O)c1ccc(C)cc1. The summed E-state index contributed by atoms with van der Waals surface area (Å²) in [6, 6.07) is 8.45. The van der Waals surface area contributed by atoms with Gasteiger partial charge in [-0.05, 0) is 54.1 Å². The normalized spacial score (nSPS) is 12.3. The first-order chi connectivity index (χ1) is 11.4. The van der Waals surface area contributed by atoms with E-state index in [2.05, 4.69) is 20.9 Å². The van der Waals surface area contributed by atoms with Crippen molar-refractivity contribution in [3.8, 4) is 0 Å². The number of nitrogens with zero attached hydrogens (tertiary/aromatic N) is 2. The number of pyridine rings is 1. The fourth-order valence-electron chi connectivity index (χ4n) is 2.44. The maximum Gasteiger partial charge on any atom is 0.269 e. The molecule has 7 heteroatoms. The average Bonchev–Trinajstić information content (AvgIpc) is 2.91. The summed E-state index contributed by atoms with van der Waals surface area (Å²) in [5, 5.41) is 1.01. The highest BCUT2D eigenvalue weighted by Crippen LogP contribution is 2.34. The standard InChI is InChI=1S/C17H14BrClN2O2S/c1-3-4-12-9-14-16(19)15(18)10-20-17(14)21(12)24(22,23)13-7-5-11(2)6-8-13/h3-10H,1-2H3. The molecule has 24 heavy (non-hydrogen) atoms. The number of fused-ring (bicyclic) bond motifs is 1. The van der Waals surface area contributed by atoms with Crippen LogP contribution in [0.15, 0.2) is 52.0 Å². The number of benzene rings is 1. The summed E-state index contributed by atoms with van der Waals surface area (Å²) in [5.74, 6) is 0. The van der Waals surface area contributed by atoms with Crippen LogP contribution in [0.4, 0.5) is 0 Å². The number of allylic oxidation sites excluding steroid dienone is 1. The van der Waals surface area contributed by atoms with Gasteiger partial charge in [0.25, 0.3) is 10.0 Å². The van der Waals surface area contributed by atoms with E-state index in [0.717, 1.165) is 5.56 Å². The van der Waals surface area contributed by atoms with Gasteiger partial charge in [-0.15, -0.1) is 0 Å². The molecule has 1 aromatic carbocycles. The number of halogens is 2. The van der Waals surface area contributed by atoms with Crippen LogP contribution in [0.2, 0.25) is 5.02 Å². The number of rotatable bonds is 3. The highest BCUT2D eigenvalue weighted by Gasteiger charge is 2.24. The Morgan fingerprint density at radius 2 is 1.92 bits per heavy atom. The van der Waals surface area contributed by atoms with E-state index in [4.69, 9.17) is 11.6 Å². The second-order valence-corrected chi connectivity index (χ2v) is 8.33. The molecule has 0 fully saturated rings. The molecule has 2 heterocycles. The first kappa shape index (κ1) is 17.2. The van der Waals surface area contributed by atoms with Crippen LogP contribution in [0.3, 0.4) is 0 Å². The molecule has 3 aromatic rings. The number of hydrogen-bond donors (Lipinski definition) is 0. The number of aryl methyl sites for hydroxylation is 1. The summed E-state index contributed by atoms with van der Waals surface area (Å²) in [7, 11) is -3.79. The van der Waals surface area contributed by atoms with Gasteiger partial charge in [0.2, 0.25) is 0 Å². The average molecular weight is 426 g/mol. The fourth-order valence-corrected chi connectivity index (χ4v) is 4.40. The molecule has 0 unspecified atom stereocenters. The van der Waals surface area contributed by atoms with Crippen LogP contribution in [0.1, 0.15) is 18.2 Å². The second kappa shape index (κ2) is 6.35. The van der Waals surface area contributed by atoms with Crippen molar-refractivity contribution in [2.75, 3.05) is 0 Å². The highest BCUT2D eigenvalue weighted by molar-refractivity contribution is 9.10. The topological polar surface area (TPSA) is 52.0 Å². The van der Waals surface area contributed by atoms with Crippen molar-refractivity contribution in [3.63, 3.8) is 0 Å². The molecular weight excluding hydrogens is 412 g/mol. The minimum atomic E-state index is -3.79. The predicted molar refractivity (Wildman–Crippen MR) is 101 cm³/mol. The van der Waals surface area contributed by atoms with Gasteiger partial charge in [0, 0.05) is 11.6 Å². The smallest absolute Gasteiger partial charge is 0.236 e. The van der Waals surface area contributed by atoms with Crippen molar-refractivity contribution >= 4 is 54.7 Å². The molecule has 0 bridgehead atoms. The third-order valence-electron chi connectivity index (χ3n) is 3.60. The maximum atomic E-state index is 13.1. The molecule has 0 spiro atoms. The Bertz CT molecular complexity index is 1050. The summed E-state index contributed by atoms with van der Waals surface area (Å²) < 4.78 is 28.1. The first-order valence-corrected chi connectivity index (χ1v) is 9.77. The lowest BCUT2D eigenvalue weighted by Gasteiger charge is -2.10. The summed E-state index contributed by atoms with van der Waals surface area (Å²) in [4.78, 5) is 4.48. The third kappa shape index (κ3) is 2.79. The van der Waals surface area contributed by atoms with E-state index in [1.54, 1.807) is 42.5 Å². The summed E-state index contributed by atoms with van der Waals surface area (Å²) >= 11 is 9.63. The third-order valence-corrected chi connectivity index (χ3v) is 6.57. The Morgan fingerprint density at radius 3 is 2.54 bits per heavy atom. The van der Waals surface area contributed by atoms with Crippen molar-refractivity contribution in [1.29, 1.82) is 0 Å². The highest BCUT2D eigenvalue weighted by atomic mass is 79.9. The van der Waals surface area contributed by atoms with Gasteiger partial charge >= 0.3 is 0 Å². The van der Waals surface area contributed by atoms with Crippen molar-refractivity contribution in [3.05, 3.63) is 63.4 Å². The van der Waals surface area contributed by atoms with E-state index < -0.39 is 10.0 Å². The molecule has 2 aromatic heterocycles. The zero-order valence-corrected chi connectivity index (χ0v) is 16.2. The molecule has 0 aliphatic carbocycles. The van der Waals surface area contributed by atoms with Crippen LogP contribution in [0.5, 0.6) is 0 Å². The molecule has 0 amide bonds. The molecule has 0 atom stereocenters. The van der Waals surface area contributed by atoms with Gasteiger partial charge in [0.15, 0.2) is 5.65 Å². The maximum absolute atomic E-state index is 13.1. The van der Waals surface area contributed by atoms with E-state index in [1.807, 2.05) is 13.8 Å². The first-order valence-electron chi connectivity index (χ1n) is 7.16. The Labute approximate surface area is 154 Å². The Hall–Kier alpha value is -1.63. The molecule has 0 N–H and O–H groups in total. The van der Waals surface area contributed by atoms with Gasteiger partial charge in [-0.25, -0.2) is 17.4 Å². The summed E-state index contributed by atoms with van der Waals surface area (Å²) in [6.07, 6.45) is 5.00. The van der Waals surface area contributed by atoms with Gasteiger partial charge in [-0.2, -0.15) is 0 Å². The van der Waals surface area contributed by atoms with E-state index in [1.165, 1.54) is 10.2 Å². The zero-order valence-electron chi connectivity index (χ0n) is 13.0. The molecule has 0 radical (unpaired) electrons. The minimum absolute atomic E-state index is 0.206. The van der Waals surface area contributed by atoms with Crippen LogP contribution < -0.4 is 0 Å². The largest absolute Gasteiger partial charge is 0.269 e. The predicted octanol–water partition coefficient (Wildman–Crippen LogP) is 5.03. The van der Waals surface area contributed by atoms with Crippen molar-refractivity contribution < 1.29 is 8.42 Å². The van der Waals surface area contributed by atoms with E-state index in [9.17, 15) is 8.42 Å². The van der Waals surface area contributed by atoms with Gasteiger partial charge in [-0.1, -0.05) is 35.4 Å². The van der Waals surface area contributed by atoms with E-state index >= 15 is 0 Å². The lowest BCUT2D eigenvalue weighted by molar-refractivity contribution is 0.588. The molecule has 0 aliphatic heterocycles. The quantitative estimate of drug-likeness (QED) is 0.591. The van der Waals surface area contributed by atoms with Crippen molar-refractivity contribution in [2.24, 2.45) is 0 Å². The Kier molecular flexibility index (Phi) is 4.55. The number of hydrogen-bond acceptors (Lipinski definition) is 3. The summed E-state index contributed by atoms with van der Waals surface area (Å²) in [6.45, 7) is 3.73. The molecule has 0 saturated carbocycles. The molecule has 3 rings (SSSR count). The fraction of sp³-hybridized carbons (Fsp3) is 0.118. The Morgan fingerprint density at radius 1 is 1.25 bits per heavy atom. The van der Waals surface area contributed by atoms with Gasteiger partial charge in [-0.3, -0.25) is 0 Å². The molecular formula is C17H14BrClN2O2S. The van der Waals surface area contributed by atoms with Crippen molar-refractivity contribution in [2.45, 2.75) is 18.7 Å². The second-order valence-electron chi connectivity index (χ2n) is 5.31. The monoisotopic (exact) mass is 424 g/mol. The lowest BCUT2D eigenvalue weighted by atomic mass is 10.2. The van der Waals surface area contributed by atoms with Crippen LogP contribution in [-0.4, -0.2) is 17.4 Å². The Balaban J connectivity index is 2.37. The minimum Gasteiger partial charge on any atom is -0.236 e. The van der Waals surface area contributed by atoms with Gasteiger partial charge in [0.05, 0.1) is 20.1 Å². The van der Waals surface area contributed by atoms with E-state index in [-0.39, 0.29) is 4.90 Å². The van der Waals surface area contributed by atoms with Crippen LogP contribution in [-0.2, 0) is 10.0 Å². The van der Waals surface area contributed by atoms with Gasteiger partial charge in [0.1, 0.15) is 0 Å². The molecule has 0 saturated heterocycles. The van der Waals surface area contributed by atoms with Gasteiger partial charge < -0.3 is 0 Å². The molecule has 124 valence electrons. The number of aromatic nitrogens is 2. The van der Waals surface area contributed by atoms with E-state index in [0.29, 0.717) is 26.2 Å². The van der Waals surface area contributed by atoms with Crippen molar-refractivity contribution in [1.82, 2.24) is 8.96 Å². The lowest BCUT2D eigenvalue weighted by Crippen LogP contribution is -2.15. The molecule has 4 nitrogen and oxygen atoms in total. The molecule has 0 aliphatic rings. The summed E-state index contributed by atoms with van der Waals surface area (Å²) in [5.41, 5.74) is 1.79. The van der Waals surface area contributed by atoms with Crippen LogP contribution in [0.25, 0.3) is 17.1 Å².